The van der Waals surface area contributed by atoms with E-state index in [1.54, 1.807) is 29.6 Å². The number of rotatable bonds is 2. The predicted molar refractivity (Wildman–Crippen MR) is 65.3 cm³/mol. The summed E-state index contributed by atoms with van der Waals surface area (Å²) in [6.07, 6.45) is 2.90. The number of hydrogen-bond donors (Lipinski definition) is 1. The van der Waals surface area contributed by atoms with E-state index < -0.39 is 5.97 Å². The monoisotopic (exact) mass is 260 g/mol. The zero-order chi connectivity index (χ0) is 11.0. The first-order valence-electron chi connectivity index (χ1n) is 4.37. The maximum Gasteiger partial charge on any atom is 0.337 e. The lowest BCUT2D eigenvalue weighted by molar-refractivity contribution is 0.0697. The van der Waals surface area contributed by atoms with E-state index in [2.05, 4.69) is 6.26 Å². The number of carboxylic acids is 1. The molecule has 1 aliphatic rings. The molecule has 0 saturated carbocycles. The third-order valence-electron chi connectivity index (χ3n) is 2.32. The number of benzene rings is 1. The zero-order valence-electron chi connectivity index (χ0n) is 7.99. The van der Waals surface area contributed by atoms with Gasteiger partial charge in [0, 0.05) is 4.90 Å². The number of fused-ring (bicyclic) bond motifs is 1. The van der Waals surface area contributed by atoms with Gasteiger partial charge in [-0.1, -0.05) is 11.6 Å². The van der Waals surface area contributed by atoms with E-state index in [0.29, 0.717) is 9.60 Å². The third kappa shape index (κ3) is 1.98. The van der Waals surface area contributed by atoms with Crippen molar-refractivity contribution in [1.29, 1.82) is 0 Å². The van der Waals surface area contributed by atoms with Crippen molar-refractivity contribution in [1.82, 2.24) is 0 Å². The van der Waals surface area contributed by atoms with Gasteiger partial charge in [0.15, 0.2) is 0 Å². The SMILES string of the molecule is CSC1Cc2c(ccc(C(=O)O)c2Cl)S1. The van der Waals surface area contributed by atoms with Crippen LogP contribution >= 0.6 is 35.1 Å². The average molecular weight is 261 g/mol. The summed E-state index contributed by atoms with van der Waals surface area (Å²) in [4.78, 5) is 12.0. The molecule has 1 unspecified atom stereocenters. The standard InChI is InChI=1S/C10H9ClO2S2/c1-14-8-4-6-7(15-8)3-2-5(9(6)11)10(12)13/h2-3,8H,4H2,1H3,(H,12,13). The van der Waals surface area contributed by atoms with Crippen LogP contribution in [-0.2, 0) is 6.42 Å². The molecule has 1 atom stereocenters. The second kappa shape index (κ2) is 4.28. The van der Waals surface area contributed by atoms with Crippen LogP contribution in [0.25, 0.3) is 0 Å². The molecule has 1 N–H and O–H groups in total. The molecule has 1 aromatic rings. The van der Waals surface area contributed by atoms with Gasteiger partial charge in [0.2, 0.25) is 0 Å². The van der Waals surface area contributed by atoms with Gasteiger partial charge >= 0.3 is 5.97 Å². The normalized spacial score (nSPS) is 18.9. The summed E-state index contributed by atoms with van der Waals surface area (Å²) in [7, 11) is 0. The lowest BCUT2D eigenvalue weighted by Crippen LogP contribution is -2.00. The Morgan fingerprint density at radius 2 is 2.40 bits per heavy atom. The van der Waals surface area contributed by atoms with Crippen molar-refractivity contribution in [3.8, 4) is 0 Å². The third-order valence-corrected chi connectivity index (χ3v) is 5.38. The largest absolute Gasteiger partial charge is 0.478 e. The van der Waals surface area contributed by atoms with Crippen LogP contribution in [0.15, 0.2) is 17.0 Å². The van der Waals surface area contributed by atoms with Crippen LogP contribution in [0.5, 0.6) is 0 Å². The molecule has 0 fully saturated rings. The van der Waals surface area contributed by atoms with Gasteiger partial charge in [-0.3, -0.25) is 0 Å². The first-order chi connectivity index (χ1) is 7.13. The highest BCUT2D eigenvalue weighted by Crippen LogP contribution is 2.45. The molecule has 0 radical (unpaired) electrons. The fourth-order valence-electron chi connectivity index (χ4n) is 1.55. The molecule has 2 rings (SSSR count). The van der Waals surface area contributed by atoms with Crippen LogP contribution in [0.1, 0.15) is 15.9 Å². The molecule has 80 valence electrons. The number of hydrogen-bond acceptors (Lipinski definition) is 3. The number of halogens is 1. The Labute approximate surface area is 101 Å². The maximum atomic E-state index is 10.9. The second-order valence-corrected chi connectivity index (χ2v) is 6.16. The first kappa shape index (κ1) is 11.2. The number of carbonyl (C=O) groups is 1. The Morgan fingerprint density at radius 1 is 1.67 bits per heavy atom. The van der Waals surface area contributed by atoms with Gasteiger partial charge in [0.25, 0.3) is 0 Å². The highest BCUT2D eigenvalue weighted by Gasteiger charge is 2.26. The van der Waals surface area contributed by atoms with E-state index in [4.69, 9.17) is 16.7 Å². The summed E-state index contributed by atoms with van der Waals surface area (Å²) in [5.74, 6) is -0.958. The van der Waals surface area contributed by atoms with E-state index >= 15 is 0 Å². The van der Waals surface area contributed by atoms with Gasteiger partial charge in [-0.25, -0.2) is 4.79 Å². The molecule has 0 amide bonds. The Balaban J connectivity index is 2.44. The molecule has 15 heavy (non-hydrogen) atoms. The van der Waals surface area contributed by atoms with Crippen LogP contribution < -0.4 is 0 Å². The summed E-state index contributed by atoms with van der Waals surface area (Å²) in [5, 5.41) is 9.33. The molecule has 2 nitrogen and oxygen atoms in total. The average Bonchev–Trinajstić information content (AvgIpc) is 2.61. The minimum atomic E-state index is -0.958. The van der Waals surface area contributed by atoms with Gasteiger partial charge in [0.1, 0.15) is 0 Å². The molecular formula is C10H9ClO2S2. The van der Waals surface area contributed by atoms with E-state index in [9.17, 15) is 4.79 Å². The quantitative estimate of drug-likeness (QED) is 0.885. The maximum absolute atomic E-state index is 10.9. The van der Waals surface area contributed by atoms with Gasteiger partial charge in [0.05, 0.1) is 15.2 Å². The zero-order valence-corrected chi connectivity index (χ0v) is 10.4. The topological polar surface area (TPSA) is 37.3 Å². The second-order valence-electron chi connectivity index (χ2n) is 3.20. The van der Waals surface area contributed by atoms with Crippen LogP contribution in [0.3, 0.4) is 0 Å². The molecule has 0 spiro atoms. The molecule has 0 aliphatic carbocycles. The number of aromatic carboxylic acids is 1. The Bertz CT molecular complexity index is 420. The molecule has 0 saturated heterocycles. The number of carboxylic acid groups (broad SMARTS) is 1. The van der Waals surface area contributed by atoms with Crippen molar-refractivity contribution in [3.63, 3.8) is 0 Å². The van der Waals surface area contributed by atoms with Crippen molar-refractivity contribution < 1.29 is 9.90 Å². The van der Waals surface area contributed by atoms with Crippen molar-refractivity contribution in [2.45, 2.75) is 15.9 Å². The summed E-state index contributed by atoms with van der Waals surface area (Å²) in [5.41, 5.74) is 1.19. The van der Waals surface area contributed by atoms with Crippen molar-refractivity contribution in [2.75, 3.05) is 6.26 Å². The fraction of sp³-hybridized carbons (Fsp3) is 0.300. The molecule has 1 heterocycles. The van der Waals surface area contributed by atoms with E-state index in [0.717, 1.165) is 16.9 Å². The highest BCUT2D eigenvalue weighted by atomic mass is 35.5. The lowest BCUT2D eigenvalue weighted by Gasteiger charge is -2.04. The minimum absolute atomic E-state index is 0.206. The Kier molecular flexibility index (Phi) is 3.19. The van der Waals surface area contributed by atoms with Crippen molar-refractivity contribution in [2.24, 2.45) is 0 Å². The fourth-order valence-corrected chi connectivity index (χ4v) is 3.97. The van der Waals surface area contributed by atoms with Gasteiger partial charge in [-0.15, -0.1) is 11.8 Å². The lowest BCUT2D eigenvalue weighted by atomic mass is 10.1. The molecule has 5 heteroatoms. The Morgan fingerprint density at radius 3 is 3.00 bits per heavy atom. The first-order valence-corrected chi connectivity index (χ1v) is 6.92. The molecule has 1 aliphatic heterocycles. The van der Waals surface area contributed by atoms with Crippen LogP contribution in [0.4, 0.5) is 0 Å². The van der Waals surface area contributed by atoms with Crippen LogP contribution in [0.2, 0.25) is 5.02 Å². The van der Waals surface area contributed by atoms with E-state index in [-0.39, 0.29) is 5.56 Å². The molecule has 0 bridgehead atoms. The summed E-state index contributed by atoms with van der Waals surface area (Å²) < 4.78 is 0.460. The van der Waals surface area contributed by atoms with E-state index in [1.807, 2.05) is 6.07 Å². The van der Waals surface area contributed by atoms with Crippen LogP contribution in [-0.4, -0.2) is 21.9 Å². The summed E-state index contributed by atoms with van der Waals surface area (Å²) >= 11 is 9.59. The Hall–Kier alpha value is -0.320. The molecule has 1 aromatic carbocycles. The summed E-state index contributed by atoms with van der Waals surface area (Å²) in [6.45, 7) is 0. The predicted octanol–water partition coefficient (Wildman–Crippen LogP) is 3.38. The van der Waals surface area contributed by atoms with Gasteiger partial charge in [-0.05, 0) is 30.4 Å². The van der Waals surface area contributed by atoms with Crippen molar-refractivity contribution in [3.05, 3.63) is 28.3 Å². The van der Waals surface area contributed by atoms with Gasteiger partial charge in [-0.2, -0.15) is 11.8 Å². The van der Waals surface area contributed by atoms with Gasteiger partial charge < -0.3 is 5.11 Å². The van der Waals surface area contributed by atoms with Crippen LogP contribution in [0, 0.1) is 0 Å². The van der Waals surface area contributed by atoms with Crippen molar-refractivity contribution >= 4 is 41.1 Å². The molecule has 0 aromatic heterocycles. The summed E-state index contributed by atoms with van der Waals surface area (Å²) in [6, 6.07) is 3.44. The highest BCUT2D eigenvalue weighted by molar-refractivity contribution is 8.17. The van der Waals surface area contributed by atoms with E-state index in [1.165, 1.54) is 0 Å². The smallest absolute Gasteiger partial charge is 0.337 e. The minimum Gasteiger partial charge on any atom is -0.478 e. The molecular weight excluding hydrogens is 252 g/mol. The number of thioether (sulfide) groups is 2.